The highest BCUT2D eigenvalue weighted by atomic mass is 16.4. The van der Waals surface area contributed by atoms with Gasteiger partial charge in [-0.2, -0.15) is 0 Å². The summed E-state index contributed by atoms with van der Waals surface area (Å²) in [6, 6.07) is 3.30. The summed E-state index contributed by atoms with van der Waals surface area (Å²) in [7, 11) is 0. The van der Waals surface area contributed by atoms with Crippen LogP contribution in [0.3, 0.4) is 0 Å². The van der Waals surface area contributed by atoms with Gasteiger partial charge in [0.05, 0.1) is 5.41 Å². The Morgan fingerprint density at radius 2 is 2.33 bits per heavy atom. The summed E-state index contributed by atoms with van der Waals surface area (Å²) in [5.41, 5.74) is 0.785. The Hall–Kier alpha value is -2.11. The van der Waals surface area contributed by atoms with Crippen molar-refractivity contribution in [1.29, 1.82) is 0 Å². The van der Waals surface area contributed by atoms with Crippen LogP contribution in [0.5, 0.6) is 0 Å². The summed E-state index contributed by atoms with van der Waals surface area (Å²) in [4.78, 5) is 29.6. The first-order chi connectivity index (χ1) is 10.0. The number of hydrogen-bond acceptors (Lipinski definition) is 3. The van der Waals surface area contributed by atoms with E-state index in [0.717, 1.165) is 18.5 Å². The number of nitrogens with one attached hydrogen (secondary N) is 1. The van der Waals surface area contributed by atoms with Crippen LogP contribution in [0.25, 0.3) is 0 Å². The van der Waals surface area contributed by atoms with Gasteiger partial charge in [-0.05, 0) is 37.8 Å². The molecule has 21 heavy (non-hydrogen) atoms. The van der Waals surface area contributed by atoms with E-state index in [1.165, 1.54) is 0 Å². The lowest BCUT2D eigenvalue weighted by Crippen LogP contribution is -2.38. The summed E-state index contributed by atoms with van der Waals surface area (Å²) in [5, 5.41) is 12.4. The van der Waals surface area contributed by atoms with Gasteiger partial charge in [0.2, 0.25) is 0 Å². The summed E-state index contributed by atoms with van der Waals surface area (Å²) in [6.45, 7) is 2.69. The molecule has 2 aliphatic rings. The maximum absolute atomic E-state index is 12.3. The van der Waals surface area contributed by atoms with Crippen LogP contribution in [0.15, 0.2) is 18.3 Å². The normalized spacial score (nSPS) is 27.5. The number of rotatable bonds is 2. The first kappa shape index (κ1) is 13.9. The van der Waals surface area contributed by atoms with Gasteiger partial charge in [-0.1, -0.05) is 6.42 Å². The first-order valence-corrected chi connectivity index (χ1v) is 7.23. The maximum Gasteiger partial charge on any atom is 0.321 e. The lowest BCUT2D eigenvalue weighted by molar-refractivity contribution is -0.149. The molecule has 2 fully saturated rings. The number of fused-ring (bicyclic) bond motifs is 1. The number of likely N-dealkylation sites (tertiary alicyclic amines) is 1. The molecule has 1 saturated carbocycles. The molecule has 0 spiro atoms. The van der Waals surface area contributed by atoms with Gasteiger partial charge >= 0.3 is 12.0 Å². The number of aryl methyl sites for hydroxylation is 1. The van der Waals surface area contributed by atoms with Gasteiger partial charge in [0.25, 0.3) is 0 Å². The van der Waals surface area contributed by atoms with E-state index in [4.69, 9.17) is 0 Å². The van der Waals surface area contributed by atoms with E-state index in [9.17, 15) is 14.7 Å². The number of hydrogen-bond donors (Lipinski definition) is 2. The van der Waals surface area contributed by atoms with Crippen LogP contribution in [-0.4, -0.2) is 40.1 Å². The largest absolute Gasteiger partial charge is 0.481 e. The molecule has 2 atom stereocenters. The smallest absolute Gasteiger partial charge is 0.321 e. The molecule has 1 saturated heterocycles. The lowest BCUT2D eigenvalue weighted by Gasteiger charge is -2.23. The second kappa shape index (κ2) is 5.02. The molecule has 1 aromatic heterocycles. The van der Waals surface area contributed by atoms with E-state index < -0.39 is 11.4 Å². The summed E-state index contributed by atoms with van der Waals surface area (Å²) < 4.78 is 0. The molecule has 0 radical (unpaired) electrons. The summed E-state index contributed by atoms with van der Waals surface area (Å²) in [5.74, 6) is -0.681. The monoisotopic (exact) mass is 289 g/mol. The summed E-state index contributed by atoms with van der Waals surface area (Å²) >= 11 is 0. The number of carboxylic acid groups (broad SMARTS) is 1. The molecule has 6 heteroatoms. The minimum atomic E-state index is -0.764. The molecule has 2 amide bonds. The predicted octanol–water partition coefficient (Wildman–Crippen LogP) is 2.11. The van der Waals surface area contributed by atoms with Gasteiger partial charge in [0.15, 0.2) is 0 Å². The number of pyridine rings is 1. The van der Waals surface area contributed by atoms with Gasteiger partial charge in [0.1, 0.15) is 0 Å². The topological polar surface area (TPSA) is 82.5 Å². The van der Waals surface area contributed by atoms with E-state index in [1.807, 2.05) is 6.92 Å². The van der Waals surface area contributed by atoms with Crippen molar-refractivity contribution in [1.82, 2.24) is 9.88 Å². The van der Waals surface area contributed by atoms with Gasteiger partial charge in [-0.25, -0.2) is 4.79 Å². The van der Waals surface area contributed by atoms with Gasteiger partial charge in [-0.15, -0.1) is 0 Å². The van der Waals surface area contributed by atoms with Crippen molar-refractivity contribution in [2.75, 3.05) is 18.4 Å². The average molecular weight is 289 g/mol. The van der Waals surface area contributed by atoms with E-state index in [0.29, 0.717) is 25.2 Å². The zero-order valence-corrected chi connectivity index (χ0v) is 12.0. The molecule has 0 bridgehead atoms. The van der Waals surface area contributed by atoms with Crippen LogP contribution in [0.2, 0.25) is 0 Å². The lowest BCUT2D eigenvalue weighted by atomic mass is 9.81. The number of nitrogens with zero attached hydrogens (tertiary/aromatic N) is 2. The molecule has 6 nitrogen and oxygen atoms in total. The van der Waals surface area contributed by atoms with E-state index in [-0.39, 0.29) is 11.9 Å². The highest BCUT2D eigenvalue weighted by Crippen LogP contribution is 2.48. The number of urea groups is 1. The van der Waals surface area contributed by atoms with Gasteiger partial charge in [-0.3, -0.25) is 9.78 Å². The minimum Gasteiger partial charge on any atom is -0.481 e. The molecule has 112 valence electrons. The molecule has 0 aromatic carbocycles. The van der Waals surface area contributed by atoms with Crippen LogP contribution >= 0.6 is 0 Å². The molecule has 1 aliphatic carbocycles. The SMILES string of the molecule is Cc1cc(NC(=O)N2C[C@@H]3CCC[C@@]3(C(=O)O)C2)ccn1. The second-order valence-electron chi connectivity index (χ2n) is 6.05. The zero-order chi connectivity index (χ0) is 15.0. The fourth-order valence-corrected chi connectivity index (χ4v) is 3.62. The van der Waals surface area contributed by atoms with Crippen molar-refractivity contribution >= 4 is 17.7 Å². The standard InChI is InChI=1S/C15H19N3O3/c1-10-7-12(4-6-16-10)17-14(21)18-8-11-3-2-5-15(11,9-18)13(19)20/h4,6-7,11H,2-3,5,8-9H2,1H3,(H,19,20)(H,16,17,21)/t11-,15+/m0/s1. The third-order valence-corrected chi connectivity index (χ3v) is 4.73. The van der Waals surface area contributed by atoms with Crippen molar-refractivity contribution in [3.05, 3.63) is 24.0 Å². The Balaban J connectivity index is 1.71. The Kier molecular flexibility index (Phi) is 3.31. The van der Waals surface area contributed by atoms with Crippen molar-refractivity contribution < 1.29 is 14.7 Å². The van der Waals surface area contributed by atoms with Crippen molar-refractivity contribution in [2.24, 2.45) is 11.3 Å². The average Bonchev–Trinajstić information content (AvgIpc) is 2.95. The van der Waals surface area contributed by atoms with Crippen LogP contribution in [0.1, 0.15) is 25.0 Å². The number of anilines is 1. The van der Waals surface area contributed by atoms with Crippen molar-refractivity contribution in [3.8, 4) is 0 Å². The summed E-state index contributed by atoms with van der Waals surface area (Å²) in [6.07, 6.45) is 4.15. The van der Waals surface area contributed by atoms with Crippen LogP contribution < -0.4 is 5.32 Å². The molecule has 2 N–H and O–H groups in total. The third-order valence-electron chi connectivity index (χ3n) is 4.73. The molecule has 2 heterocycles. The molecular weight excluding hydrogens is 270 g/mol. The molecular formula is C15H19N3O3. The van der Waals surface area contributed by atoms with Crippen LogP contribution in [-0.2, 0) is 4.79 Å². The fourth-order valence-electron chi connectivity index (χ4n) is 3.62. The number of amides is 2. The van der Waals surface area contributed by atoms with E-state index in [2.05, 4.69) is 10.3 Å². The predicted molar refractivity (Wildman–Crippen MR) is 77.0 cm³/mol. The molecule has 1 aliphatic heterocycles. The molecule has 1 aromatic rings. The Labute approximate surface area is 123 Å². The van der Waals surface area contributed by atoms with Crippen molar-refractivity contribution in [3.63, 3.8) is 0 Å². The van der Waals surface area contributed by atoms with Gasteiger partial charge in [0, 0.05) is 30.7 Å². The quantitative estimate of drug-likeness (QED) is 0.873. The Morgan fingerprint density at radius 1 is 1.52 bits per heavy atom. The molecule has 0 unspecified atom stereocenters. The Bertz CT molecular complexity index is 589. The minimum absolute atomic E-state index is 0.0833. The number of carbonyl (C=O) groups excluding carboxylic acids is 1. The van der Waals surface area contributed by atoms with Crippen molar-refractivity contribution in [2.45, 2.75) is 26.2 Å². The third kappa shape index (κ3) is 2.34. The maximum atomic E-state index is 12.3. The number of carboxylic acids is 1. The first-order valence-electron chi connectivity index (χ1n) is 7.23. The van der Waals surface area contributed by atoms with Crippen LogP contribution in [0.4, 0.5) is 10.5 Å². The second-order valence-corrected chi connectivity index (χ2v) is 6.05. The number of aromatic nitrogens is 1. The fraction of sp³-hybridized carbons (Fsp3) is 0.533. The highest BCUT2D eigenvalue weighted by molar-refractivity contribution is 5.90. The molecule has 3 rings (SSSR count). The van der Waals surface area contributed by atoms with Gasteiger partial charge < -0.3 is 15.3 Å². The van der Waals surface area contributed by atoms with E-state index >= 15 is 0 Å². The Morgan fingerprint density at radius 3 is 3.00 bits per heavy atom. The highest BCUT2D eigenvalue weighted by Gasteiger charge is 2.55. The van der Waals surface area contributed by atoms with Crippen LogP contribution in [0, 0.1) is 18.3 Å². The number of aliphatic carboxylic acids is 1. The van der Waals surface area contributed by atoms with E-state index in [1.54, 1.807) is 23.2 Å². The zero-order valence-electron chi connectivity index (χ0n) is 12.0. The number of carbonyl (C=O) groups is 2.